The summed E-state index contributed by atoms with van der Waals surface area (Å²) in [5, 5.41) is 7.67. The molecular weight excluding hydrogens is 323 g/mol. The number of nitrogens with zero attached hydrogens (tertiary/aromatic N) is 3. The van der Waals surface area contributed by atoms with Crippen LogP contribution in [0.15, 0.2) is 47.2 Å². The predicted octanol–water partition coefficient (Wildman–Crippen LogP) is 3.80. The van der Waals surface area contributed by atoms with E-state index in [9.17, 15) is 4.39 Å². The summed E-state index contributed by atoms with van der Waals surface area (Å²) in [6.45, 7) is 1.96. The first-order chi connectivity index (χ1) is 9.63. The number of benzene rings is 1. The van der Waals surface area contributed by atoms with Crippen LogP contribution >= 0.6 is 15.9 Å². The zero-order chi connectivity index (χ0) is 14.1. The van der Waals surface area contributed by atoms with Crippen molar-refractivity contribution in [2.45, 2.75) is 13.0 Å². The molecule has 0 bridgehead atoms. The molecule has 1 N–H and O–H groups in total. The van der Waals surface area contributed by atoms with Crippen LogP contribution in [0, 0.1) is 5.82 Å². The molecule has 2 heterocycles. The van der Waals surface area contributed by atoms with Crippen LogP contribution in [0.4, 0.5) is 10.2 Å². The van der Waals surface area contributed by atoms with Crippen LogP contribution in [0.3, 0.4) is 0 Å². The maximum absolute atomic E-state index is 13.2. The third-order valence-corrected chi connectivity index (χ3v) is 3.57. The Kier molecular flexibility index (Phi) is 3.40. The lowest BCUT2D eigenvalue weighted by Crippen LogP contribution is -2.09. The van der Waals surface area contributed by atoms with Crippen LogP contribution in [-0.2, 0) is 0 Å². The van der Waals surface area contributed by atoms with Crippen molar-refractivity contribution in [1.82, 2.24) is 14.6 Å². The summed E-state index contributed by atoms with van der Waals surface area (Å²) in [4.78, 5) is 4.18. The molecule has 0 saturated carbocycles. The maximum atomic E-state index is 13.2. The van der Waals surface area contributed by atoms with Gasteiger partial charge in [-0.1, -0.05) is 12.1 Å². The number of halogens is 2. The zero-order valence-corrected chi connectivity index (χ0v) is 12.3. The average Bonchev–Trinajstić information content (AvgIpc) is 2.80. The lowest BCUT2D eigenvalue weighted by atomic mass is 10.1. The minimum Gasteiger partial charge on any atom is -0.362 e. The van der Waals surface area contributed by atoms with Gasteiger partial charge in [0.2, 0.25) is 0 Å². The fourth-order valence-electron chi connectivity index (χ4n) is 2.00. The van der Waals surface area contributed by atoms with E-state index in [1.165, 1.54) is 12.1 Å². The number of anilines is 1. The normalized spacial score (nSPS) is 12.6. The Balaban J connectivity index is 1.86. The molecule has 4 nitrogen and oxygen atoms in total. The fraction of sp³-hybridized carbons (Fsp3) is 0.143. The molecule has 1 aromatic carbocycles. The number of rotatable bonds is 3. The molecule has 0 fully saturated rings. The van der Waals surface area contributed by atoms with Crippen LogP contribution in [-0.4, -0.2) is 14.6 Å². The highest BCUT2D eigenvalue weighted by atomic mass is 79.9. The molecule has 2 aromatic heterocycles. The van der Waals surface area contributed by atoms with E-state index in [4.69, 9.17) is 0 Å². The molecule has 0 aliphatic carbocycles. The van der Waals surface area contributed by atoms with Crippen molar-refractivity contribution in [2.75, 3.05) is 5.32 Å². The van der Waals surface area contributed by atoms with E-state index >= 15 is 0 Å². The molecule has 0 aliphatic heterocycles. The smallest absolute Gasteiger partial charge is 0.154 e. The summed E-state index contributed by atoms with van der Waals surface area (Å²) in [6.07, 6.45) is 1.70. The van der Waals surface area contributed by atoms with E-state index in [0.717, 1.165) is 15.8 Å². The minimum absolute atomic E-state index is 0.0436. The lowest BCUT2D eigenvalue weighted by Gasteiger charge is -2.15. The number of fused-ring (bicyclic) bond motifs is 1. The summed E-state index contributed by atoms with van der Waals surface area (Å²) in [6, 6.07) is 10.2. The number of hydrogen-bond donors (Lipinski definition) is 1. The van der Waals surface area contributed by atoms with Gasteiger partial charge in [0.05, 0.1) is 12.2 Å². The second-order valence-electron chi connectivity index (χ2n) is 4.49. The summed E-state index contributed by atoms with van der Waals surface area (Å²) in [5.74, 6) is 0.463. The molecule has 0 spiro atoms. The SMILES string of the molecule is C[C@@H](Nc1ccc2ncc(Br)n2n1)c1cccc(F)c1. The van der Waals surface area contributed by atoms with Crippen molar-refractivity contribution in [3.05, 3.63) is 58.6 Å². The largest absolute Gasteiger partial charge is 0.362 e. The second-order valence-corrected chi connectivity index (χ2v) is 5.30. The van der Waals surface area contributed by atoms with Gasteiger partial charge in [0, 0.05) is 0 Å². The third-order valence-electron chi connectivity index (χ3n) is 3.03. The molecular formula is C14H12BrFN4. The quantitative estimate of drug-likeness (QED) is 0.792. The van der Waals surface area contributed by atoms with Crippen molar-refractivity contribution < 1.29 is 4.39 Å². The minimum atomic E-state index is -0.239. The van der Waals surface area contributed by atoms with Crippen molar-refractivity contribution in [2.24, 2.45) is 0 Å². The van der Waals surface area contributed by atoms with E-state index < -0.39 is 0 Å². The lowest BCUT2D eigenvalue weighted by molar-refractivity contribution is 0.623. The predicted molar refractivity (Wildman–Crippen MR) is 79.1 cm³/mol. The van der Waals surface area contributed by atoms with Gasteiger partial charge in [-0.05, 0) is 52.7 Å². The van der Waals surface area contributed by atoms with Crippen molar-refractivity contribution in [1.29, 1.82) is 0 Å². The molecule has 0 radical (unpaired) electrons. The Morgan fingerprint density at radius 3 is 2.95 bits per heavy atom. The van der Waals surface area contributed by atoms with Crippen LogP contribution in [0.5, 0.6) is 0 Å². The zero-order valence-electron chi connectivity index (χ0n) is 10.7. The fourth-order valence-corrected chi connectivity index (χ4v) is 2.37. The number of aromatic nitrogens is 3. The highest BCUT2D eigenvalue weighted by Gasteiger charge is 2.08. The first-order valence-corrected chi connectivity index (χ1v) is 6.95. The van der Waals surface area contributed by atoms with E-state index in [2.05, 4.69) is 31.3 Å². The van der Waals surface area contributed by atoms with Crippen molar-refractivity contribution in [3.8, 4) is 0 Å². The van der Waals surface area contributed by atoms with Gasteiger partial charge in [-0.15, -0.1) is 5.10 Å². The van der Waals surface area contributed by atoms with Gasteiger partial charge in [-0.3, -0.25) is 0 Å². The number of hydrogen-bond acceptors (Lipinski definition) is 3. The van der Waals surface area contributed by atoms with E-state index in [-0.39, 0.29) is 11.9 Å². The molecule has 0 unspecified atom stereocenters. The molecule has 1 atom stereocenters. The summed E-state index contributed by atoms with van der Waals surface area (Å²) in [5.41, 5.74) is 1.64. The van der Waals surface area contributed by atoms with Crippen molar-refractivity contribution in [3.63, 3.8) is 0 Å². The molecule has 0 saturated heterocycles. The number of imidazole rings is 1. The van der Waals surface area contributed by atoms with Crippen LogP contribution in [0.1, 0.15) is 18.5 Å². The monoisotopic (exact) mass is 334 g/mol. The topological polar surface area (TPSA) is 42.2 Å². The van der Waals surface area contributed by atoms with E-state index in [1.807, 2.05) is 25.1 Å². The van der Waals surface area contributed by atoms with Gasteiger partial charge in [-0.2, -0.15) is 0 Å². The van der Waals surface area contributed by atoms with Gasteiger partial charge >= 0.3 is 0 Å². The van der Waals surface area contributed by atoms with Crippen LogP contribution < -0.4 is 5.32 Å². The van der Waals surface area contributed by atoms with Gasteiger partial charge in [0.25, 0.3) is 0 Å². The molecule has 20 heavy (non-hydrogen) atoms. The highest BCUT2D eigenvalue weighted by molar-refractivity contribution is 9.10. The Morgan fingerprint density at radius 1 is 1.30 bits per heavy atom. The van der Waals surface area contributed by atoms with Crippen LogP contribution in [0.25, 0.3) is 5.65 Å². The Morgan fingerprint density at radius 2 is 2.15 bits per heavy atom. The van der Waals surface area contributed by atoms with Crippen LogP contribution in [0.2, 0.25) is 0 Å². The van der Waals surface area contributed by atoms with Crippen molar-refractivity contribution >= 4 is 27.4 Å². The third kappa shape index (κ3) is 2.51. The first-order valence-electron chi connectivity index (χ1n) is 6.16. The molecule has 102 valence electrons. The summed E-state index contributed by atoms with van der Waals surface area (Å²) < 4.78 is 15.7. The van der Waals surface area contributed by atoms with Gasteiger partial charge in [0.15, 0.2) is 5.65 Å². The molecule has 3 aromatic rings. The standard InChI is InChI=1S/C14H12BrFN4/c1-9(10-3-2-4-11(16)7-10)18-13-5-6-14-17-8-12(15)20(14)19-13/h2-9H,1H3,(H,18,19)/t9-/m1/s1. The first kappa shape index (κ1) is 13.1. The average molecular weight is 335 g/mol. The van der Waals surface area contributed by atoms with E-state index in [0.29, 0.717) is 5.82 Å². The molecule has 0 aliphatic rings. The molecule has 6 heteroatoms. The Labute approximate surface area is 123 Å². The Bertz CT molecular complexity index is 756. The second kappa shape index (κ2) is 5.20. The Hall–Kier alpha value is -1.95. The van der Waals surface area contributed by atoms with E-state index in [1.54, 1.807) is 16.8 Å². The van der Waals surface area contributed by atoms with Gasteiger partial charge < -0.3 is 5.32 Å². The summed E-state index contributed by atoms with van der Waals surface area (Å²) in [7, 11) is 0. The molecule has 0 amide bonds. The highest BCUT2D eigenvalue weighted by Crippen LogP contribution is 2.20. The van der Waals surface area contributed by atoms with Gasteiger partial charge in [-0.25, -0.2) is 13.9 Å². The number of nitrogens with one attached hydrogen (secondary N) is 1. The van der Waals surface area contributed by atoms with Gasteiger partial charge in [0.1, 0.15) is 16.2 Å². The maximum Gasteiger partial charge on any atom is 0.154 e. The molecule has 3 rings (SSSR count). The summed E-state index contributed by atoms with van der Waals surface area (Å²) >= 11 is 3.38.